The number of aryl methyl sites for hydroxylation is 1. The smallest absolute Gasteiger partial charge is 0.292 e. The van der Waals surface area contributed by atoms with Crippen LogP contribution in [0.4, 0.5) is 13.2 Å². The molecule has 3 nitrogen and oxygen atoms in total. The van der Waals surface area contributed by atoms with Crippen LogP contribution in [0, 0.1) is 0 Å². The van der Waals surface area contributed by atoms with Crippen molar-refractivity contribution in [2.45, 2.75) is 19.0 Å². The van der Waals surface area contributed by atoms with E-state index in [1.54, 1.807) is 0 Å². The van der Waals surface area contributed by atoms with Crippen molar-refractivity contribution in [3.05, 3.63) is 16.4 Å². The summed E-state index contributed by atoms with van der Waals surface area (Å²) in [6, 6.07) is 0. The van der Waals surface area contributed by atoms with E-state index in [4.69, 9.17) is 0 Å². The molecule has 1 rings (SSSR count). The largest absolute Gasteiger partial charge is 0.389 e. The zero-order valence-electron chi connectivity index (χ0n) is 7.81. The van der Waals surface area contributed by atoms with Crippen molar-refractivity contribution in [3.8, 4) is 0 Å². The van der Waals surface area contributed by atoms with Gasteiger partial charge >= 0.3 is 6.18 Å². The fraction of sp³-hybridized carbons (Fsp3) is 0.500. The first-order valence-corrected chi connectivity index (χ1v) is 4.88. The van der Waals surface area contributed by atoms with E-state index in [1.165, 1.54) is 17.9 Å². The molecular weight excluding hydrogens is 277 g/mol. The average Bonchev–Trinajstić information content (AvgIpc) is 2.41. The number of nitrogens with zero attached hydrogens (tertiary/aromatic N) is 2. The fourth-order valence-electron chi connectivity index (χ4n) is 1.10. The third-order valence-corrected chi connectivity index (χ3v) is 2.37. The number of aromatic nitrogens is 2. The standard InChI is InChI=1S/C8H8BrF3N2O/c1-14-7(5(9)4-13-14)6(15)2-3-8(10,11)12/h4H,2-3H2,1H3. The molecule has 84 valence electrons. The van der Waals surface area contributed by atoms with E-state index in [9.17, 15) is 18.0 Å². The van der Waals surface area contributed by atoms with Crippen LogP contribution in [0.15, 0.2) is 10.7 Å². The first kappa shape index (κ1) is 12.2. The molecule has 0 atom stereocenters. The number of carbonyl (C=O) groups excluding carboxylic acids is 1. The van der Waals surface area contributed by atoms with Gasteiger partial charge in [0.1, 0.15) is 5.69 Å². The van der Waals surface area contributed by atoms with E-state index < -0.39 is 24.8 Å². The molecule has 0 bridgehead atoms. The molecule has 1 aromatic rings. The molecular formula is C8H8BrF3N2O. The number of carbonyl (C=O) groups is 1. The summed E-state index contributed by atoms with van der Waals surface area (Å²) >= 11 is 3.05. The molecule has 0 aliphatic heterocycles. The quantitative estimate of drug-likeness (QED) is 0.800. The molecule has 0 aromatic carbocycles. The van der Waals surface area contributed by atoms with Gasteiger partial charge in [-0.1, -0.05) is 0 Å². The van der Waals surface area contributed by atoms with Gasteiger partial charge in [-0.2, -0.15) is 18.3 Å². The highest BCUT2D eigenvalue weighted by atomic mass is 79.9. The van der Waals surface area contributed by atoms with Gasteiger partial charge in [-0.05, 0) is 15.9 Å². The van der Waals surface area contributed by atoms with Gasteiger partial charge in [0.05, 0.1) is 17.1 Å². The van der Waals surface area contributed by atoms with Crippen LogP contribution in [0.5, 0.6) is 0 Å². The second-order valence-corrected chi connectivity index (χ2v) is 3.86. The molecule has 1 heterocycles. The maximum atomic E-state index is 11.9. The van der Waals surface area contributed by atoms with Gasteiger partial charge in [-0.15, -0.1) is 0 Å². The third-order valence-electron chi connectivity index (χ3n) is 1.79. The predicted molar refractivity (Wildman–Crippen MR) is 50.5 cm³/mol. The number of alkyl halides is 3. The van der Waals surface area contributed by atoms with Gasteiger partial charge in [0, 0.05) is 13.5 Å². The van der Waals surface area contributed by atoms with Gasteiger partial charge < -0.3 is 0 Å². The van der Waals surface area contributed by atoms with E-state index in [2.05, 4.69) is 21.0 Å². The van der Waals surface area contributed by atoms with E-state index in [0.29, 0.717) is 4.47 Å². The van der Waals surface area contributed by atoms with E-state index in [-0.39, 0.29) is 5.69 Å². The minimum Gasteiger partial charge on any atom is -0.292 e. The average molecular weight is 285 g/mol. The second kappa shape index (κ2) is 4.34. The lowest BCUT2D eigenvalue weighted by Gasteiger charge is -2.05. The fourth-order valence-corrected chi connectivity index (χ4v) is 1.67. The summed E-state index contributed by atoms with van der Waals surface area (Å²) < 4.78 is 37.3. The van der Waals surface area contributed by atoms with Gasteiger partial charge in [0.15, 0.2) is 5.78 Å². The molecule has 0 aliphatic rings. The SMILES string of the molecule is Cn1ncc(Br)c1C(=O)CCC(F)(F)F. The number of hydrogen-bond acceptors (Lipinski definition) is 2. The maximum Gasteiger partial charge on any atom is 0.389 e. The molecule has 0 spiro atoms. The van der Waals surface area contributed by atoms with Crippen LogP contribution in [-0.4, -0.2) is 21.7 Å². The van der Waals surface area contributed by atoms with Gasteiger partial charge in [-0.25, -0.2) is 0 Å². The summed E-state index contributed by atoms with van der Waals surface area (Å²) in [5, 5.41) is 3.75. The first-order chi connectivity index (χ1) is 6.81. The molecule has 0 amide bonds. The Kier molecular flexibility index (Phi) is 3.54. The highest BCUT2D eigenvalue weighted by Gasteiger charge is 2.29. The van der Waals surface area contributed by atoms with Gasteiger partial charge in [0.25, 0.3) is 0 Å². The lowest BCUT2D eigenvalue weighted by Crippen LogP contribution is -2.13. The zero-order chi connectivity index (χ0) is 11.6. The van der Waals surface area contributed by atoms with Crippen LogP contribution in [0.1, 0.15) is 23.3 Å². The highest BCUT2D eigenvalue weighted by molar-refractivity contribution is 9.10. The summed E-state index contributed by atoms with van der Waals surface area (Å²) in [6.07, 6.45) is -4.59. The Morgan fingerprint density at radius 2 is 2.20 bits per heavy atom. The Morgan fingerprint density at radius 3 is 2.60 bits per heavy atom. The van der Waals surface area contributed by atoms with Crippen LogP contribution < -0.4 is 0 Å². The molecule has 0 N–H and O–H groups in total. The van der Waals surface area contributed by atoms with Gasteiger partial charge in [0.2, 0.25) is 0 Å². The second-order valence-electron chi connectivity index (χ2n) is 3.00. The number of Topliss-reactive ketones (excluding diaryl/α,β-unsaturated/α-hetero) is 1. The predicted octanol–water partition coefficient (Wildman–Crippen LogP) is 2.71. The monoisotopic (exact) mass is 284 g/mol. The normalized spacial score (nSPS) is 11.8. The molecule has 1 aromatic heterocycles. The van der Waals surface area contributed by atoms with Gasteiger partial charge in [-0.3, -0.25) is 9.48 Å². The van der Waals surface area contributed by atoms with E-state index in [0.717, 1.165) is 0 Å². The van der Waals surface area contributed by atoms with Crippen molar-refractivity contribution in [1.29, 1.82) is 0 Å². The summed E-state index contributed by atoms with van der Waals surface area (Å²) in [5.74, 6) is -0.570. The number of hydrogen-bond donors (Lipinski definition) is 0. The van der Waals surface area contributed by atoms with Crippen molar-refractivity contribution in [2.75, 3.05) is 0 Å². The van der Waals surface area contributed by atoms with Crippen molar-refractivity contribution >= 4 is 21.7 Å². The Bertz CT molecular complexity index is 353. The summed E-state index contributed by atoms with van der Waals surface area (Å²) in [7, 11) is 1.51. The third kappa shape index (κ3) is 3.33. The summed E-state index contributed by atoms with van der Waals surface area (Å²) in [4.78, 5) is 11.4. The van der Waals surface area contributed by atoms with Crippen molar-refractivity contribution in [2.24, 2.45) is 7.05 Å². The minimum atomic E-state index is -4.30. The van der Waals surface area contributed by atoms with Crippen LogP contribution >= 0.6 is 15.9 Å². The Morgan fingerprint density at radius 1 is 1.60 bits per heavy atom. The molecule has 0 saturated carbocycles. The van der Waals surface area contributed by atoms with E-state index >= 15 is 0 Å². The van der Waals surface area contributed by atoms with Crippen LogP contribution in [0.3, 0.4) is 0 Å². The zero-order valence-corrected chi connectivity index (χ0v) is 9.39. The van der Waals surface area contributed by atoms with Crippen molar-refractivity contribution in [3.63, 3.8) is 0 Å². The molecule has 15 heavy (non-hydrogen) atoms. The Hall–Kier alpha value is -0.850. The van der Waals surface area contributed by atoms with Crippen molar-refractivity contribution in [1.82, 2.24) is 9.78 Å². The van der Waals surface area contributed by atoms with Crippen LogP contribution in [0.2, 0.25) is 0 Å². The molecule has 0 unspecified atom stereocenters. The number of halogens is 4. The molecule has 0 aliphatic carbocycles. The van der Waals surface area contributed by atoms with E-state index in [1.807, 2.05) is 0 Å². The molecule has 0 fully saturated rings. The summed E-state index contributed by atoms with van der Waals surface area (Å²) in [6.45, 7) is 0. The molecule has 7 heteroatoms. The lowest BCUT2D eigenvalue weighted by molar-refractivity contribution is -0.133. The number of rotatable bonds is 3. The molecule has 0 saturated heterocycles. The highest BCUT2D eigenvalue weighted by Crippen LogP contribution is 2.24. The Labute approximate surface area is 92.4 Å². The first-order valence-electron chi connectivity index (χ1n) is 4.08. The van der Waals surface area contributed by atoms with Crippen LogP contribution in [0.25, 0.3) is 0 Å². The topological polar surface area (TPSA) is 34.9 Å². The minimum absolute atomic E-state index is 0.166. The lowest BCUT2D eigenvalue weighted by atomic mass is 10.1. The molecule has 0 radical (unpaired) electrons. The summed E-state index contributed by atoms with van der Waals surface area (Å²) in [5.41, 5.74) is 0.166. The van der Waals surface area contributed by atoms with Crippen LogP contribution in [-0.2, 0) is 7.05 Å². The van der Waals surface area contributed by atoms with Crippen molar-refractivity contribution < 1.29 is 18.0 Å². The Balaban J connectivity index is 2.70. The maximum absolute atomic E-state index is 11.9. The number of ketones is 1.